The van der Waals surface area contributed by atoms with Gasteiger partial charge in [0.1, 0.15) is 5.75 Å². The molecule has 24 heavy (non-hydrogen) atoms. The summed E-state index contributed by atoms with van der Waals surface area (Å²) in [6, 6.07) is 17.0. The molecule has 3 heteroatoms. The average Bonchev–Trinajstić information content (AvgIpc) is 2.53. The standard InChI is InChI=1S/C21H30N2O/c1-21(2,3)22-14-18-11-12-20(24-5)19(13-18)16-23(4)15-17-9-7-6-8-10-17/h6-13,22H,14-16H2,1-5H3. The zero-order valence-electron chi connectivity index (χ0n) is 15.6. The molecule has 0 amide bonds. The Labute approximate surface area is 146 Å². The van der Waals surface area contributed by atoms with Crippen molar-refractivity contribution in [1.29, 1.82) is 0 Å². The highest BCUT2D eigenvalue weighted by Crippen LogP contribution is 2.22. The van der Waals surface area contributed by atoms with Crippen molar-refractivity contribution in [3.63, 3.8) is 0 Å². The van der Waals surface area contributed by atoms with Crippen molar-refractivity contribution in [1.82, 2.24) is 10.2 Å². The van der Waals surface area contributed by atoms with Crippen LogP contribution in [-0.4, -0.2) is 24.6 Å². The molecular weight excluding hydrogens is 296 g/mol. The SMILES string of the molecule is COc1ccc(CNC(C)(C)C)cc1CN(C)Cc1ccccc1. The predicted molar refractivity (Wildman–Crippen MR) is 101 cm³/mol. The van der Waals surface area contributed by atoms with Gasteiger partial charge in [-0.15, -0.1) is 0 Å². The highest BCUT2D eigenvalue weighted by atomic mass is 16.5. The molecule has 0 aromatic heterocycles. The van der Waals surface area contributed by atoms with Crippen LogP contribution in [-0.2, 0) is 19.6 Å². The largest absolute Gasteiger partial charge is 0.496 e. The summed E-state index contributed by atoms with van der Waals surface area (Å²) in [5.74, 6) is 0.953. The summed E-state index contributed by atoms with van der Waals surface area (Å²) in [6.45, 7) is 9.21. The molecule has 1 N–H and O–H groups in total. The fourth-order valence-corrected chi connectivity index (χ4v) is 2.67. The summed E-state index contributed by atoms with van der Waals surface area (Å²) in [5.41, 5.74) is 3.95. The maximum Gasteiger partial charge on any atom is 0.123 e. The van der Waals surface area contributed by atoms with E-state index in [0.717, 1.165) is 25.4 Å². The van der Waals surface area contributed by atoms with Gasteiger partial charge in [0.2, 0.25) is 0 Å². The Bertz CT molecular complexity index is 632. The molecule has 0 heterocycles. The maximum absolute atomic E-state index is 5.55. The minimum absolute atomic E-state index is 0.115. The van der Waals surface area contributed by atoms with Crippen molar-refractivity contribution >= 4 is 0 Å². The molecule has 0 aliphatic rings. The lowest BCUT2D eigenvalue weighted by molar-refractivity contribution is 0.310. The van der Waals surface area contributed by atoms with E-state index < -0.39 is 0 Å². The molecule has 2 aromatic carbocycles. The Morgan fingerprint density at radius 3 is 2.29 bits per heavy atom. The van der Waals surface area contributed by atoms with Crippen LogP contribution in [0, 0.1) is 0 Å². The number of benzene rings is 2. The van der Waals surface area contributed by atoms with E-state index in [2.05, 4.69) is 86.6 Å². The summed E-state index contributed by atoms with van der Waals surface area (Å²) < 4.78 is 5.55. The van der Waals surface area contributed by atoms with E-state index in [1.807, 2.05) is 0 Å². The normalized spacial score (nSPS) is 11.8. The highest BCUT2D eigenvalue weighted by molar-refractivity contribution is 5.37. The Hall–Kier alpha value is -1.84. The average molecular weight is 326 g/mol. The van der Waals surface area contributed by atoms with Gasteiger partial charge in [0, 0.05) is 30.7 Å². The van der Waals surface area contributed by atoms with Crippen LogP contribution in [0.1, 0.15) is 37.5 Å². The number of hydrogen-bond donors (Lipinski definition) is 1. The molecule has 130 valence electrons. The Morgan fingerprint density at radius 2 is 1.67 bits per heavy atom. The van der Waals surface area contributed by atoms with E-state index >= 15 is 0 Å². The van der Waals surface area contributed by atoms with Gasteiger partial charge < -0.3 is 10.1 Å². The smallest absolute Gasteiger partial charge is 0.123 e. The first-order valence-corrected chi connectivity index (χ1v) is 8.50. The number of ether oxygens (including phenoxy) is 1. The molecule has 0 aliphatic heterocycles. The van der Waals surface area contributed by atoms with E-state index in [1.165, 1.54) is 16.7 Å². The number of nitrogens with one attached hydrogen (secondary N) is 1. The van der Waals surface area contributed by atoms with Gasteiger partial charge in [-0.05, 0) is 51.1 Å². The lowest BCUT2D eigenvalue weighted by atomic mass is 10.1. The van der Waals surface area contributed by atoms with Gasteiger partial charge in [-0.25, -0.2) is 0 Å². The second kappa shape index (κ2) is 8.32. The van der Waals surface area contributed by atoms with Crippen LogP contribution in [0.25, 0.3) is 0 Å². The van der Waals surface area contributed by atoms with Crippen LogP contribution in [0.5, 0.6) is 5.75 Å². The second-order valence-electron chi connectivity index (χ2n) is 7.41. The van der Waals surface area contributed by atoms with Crippen LogP contribution in [0.15, 0.2) is 48.5 Å². The van der Waals surface area contributed by atoms with Crippen molar-refractivity contribution in [2.24, 2.45) is 0 Å². The number of nitrogens with zero attached hydrogens (tertiary/aromatic N) is 1. The number of hydrogen-bond acceptors (Lipinski definition) is 3. The molecule has 0 saturated carbocycles. The molecule has 0 bridgehead atoms. The Balaban J connectivity index is 2.06. The van der Waals surface area contributed by atoms with Crippen molar-refractivity contribution in [3.05, 3.63) is 65.2 Å². The maximum atomic E-state index is 5.55. The summed E-state index contributed by atoms with van der Waals surface area (Å²) in [7, 11) is 3.88. The summed E-state index contributed by atoms with van der Waals surface area (Å²) in [4.78, 5) is 2.31. The quantitative estimate of drug-likeness (QED) is 0.824. The van der Waals surface area contributed by atoms with Gasteiger partial charge in [0.05, 0.1) is 7.11 Å². The van der Waals surface area contributed by atoms with Crippen molar-refractivity contribution in [2.75, 3.05) is 14.2 Å². The summed E-state index contributed by atoms with van der Waals surface area (Å²) in [5, 5.41) is 3.54. The minimum Gasteiger partial charge on any atom is -0.496 e. The summed E-state index contributed by atoms with van der Waals surface area (Å²) >= 11 is 0. The van der Waals surface area contributed by atoms with Gasteiger partial charge in [-0.2, -0.15) is 0 Å². The van der Waals surface area contributed by atoms with Crippen LogP contribution in [0.3, 0.4) is 0 Å². The van der Waals surface area contributed by atoms with Crippen molar-refractivity contribution < 1.29 is 4.74 Å². The van der Waals surface area contributed by atoms with Crippen LogP contribution >= 0.6 is 0 Å². The Kier molecular flexibility index (Phi) is 6.41. The van der Waals surface area contributed by atoms with Gasteiger partial charge in [0.15, 0.2) is 0 Å². The third-order valence-corrected chi connectivity index (χ3v) is 3.90. The van der Waals surface area contributed by atoms with Gasteiger partial charge >= 0.3 is 0 Å². The van der Waals surface area contributed by atoms with Crippen molar-refractivity contribution in [3.8, 4) is 5.75 Å². The lowest BCUT2D eigenvalue weighted by Crippen LogP contribution is -2.35. The molecular formula is C21H30N2O. The van der Waals surface area contributed by atoms with E-state index in [1.54, 1.807) is 7.11 Å². The lowest BCUT2D eigenvalue weighted by Gasteiger charge is -2.22. The third kappa shape index (κ3) is 5.99. The van der Waals surface area contributed by atoms with Gasteiger partial charge in [0.25, 0.3) is 0 Å². The second-order valence-corrected chi connectivity index (χ2v) is 7.41. The van der Waals surface area contributed by atoms with Crippen molar-refractivity contribution in [2.45, 2.75) is 45.9 Å². The molecule has 0 atom stereocenters. The van der Waals surface area contributed by atoms with Gasteiger partial charge in [-0.1, -0.05) is 36.4 Å². The first-order valence-electron chi connectivity index (χ1n) is 8.50. The molecule has 2 aromatic rings. The molecule has 0 radical (unpaired) electrons. The fraction of sp³-hybridized carbons (Fsp3) is 0.429. The molecule has 2 rings (SSSR count). The first-order chi connectivity index (χ1) is 11.4. The minimum atomic E-state index is 0.115. The first kappa shape index (κ1) is 18.5. The monoisotopic (exact) mass is 326 g/mol. The predicted octanol–water partition coefficient (Wildman–Crippen LogP) is 4.22. The van der Waals surface area contributed by atoms with E-state index in [9.17, 15) is 0 Å². The number of rotatable bonds is 7. The van der Waals surface area contributed by atoms with Gasteiger partial charge in [-0.3, -0.25) is 4.90 Å². The molecule has 0 aliphatic carbocycles. The topological polar surface area (TPSA) is 24.5 Å². The Morgan fingerprint density at radius 1 is 0.958 bits per heavy atom. The zero-order chi connectivity index (χ0) is 17.6. The van der Waals surface area contributed by atoms with Crippen LogP contribution < -0.4 is 10.1 Å². The van der Waals surface area contributed by atoms with E-state index in [0.29, 0.717) is 0 Å². The van der Waals surface area contributed by atoms with E-state index in [4.69, 9.17) is 4.74 Å². The van der Waals surface area contributed by atoms with Crippen LogP contribution in [0.2, 0.25) is 0 Å². The zero-order valence-corrected chi connectivity index (χ0v) is 15.6. The molecule has 0 spiro atoms. The molecule has 0 unspecified atom stereocenters. The van der Waals surface area contributed by atoms with E-state index in [-0.39, 0.29) is 5.54 Å². The molecule has 3 nitrogen and oxygen atoms in total. The molecule has 0 fully saturated rings. The number of methoxy groups -OCH3 is 1. The summed E-state index contributed by atoms with van der Waals surface area (Å²) in [6.07, 6.45) is 0. The fourth-order valence-electron chi connectivity index (χ4n) is 2.67. The van der Waals surface area contributed by atoms with Crippen LogP contribution in [0.4, 0.5) is 0 Å². The highest BCUT2D eigenvalue weighted by Gasteiger charge is 2.11. The molecule has 0 saturated heterocycles. The third-order valence-electron chi connectivity index (χ3n) is 3.90.